The Hall–Kier alpha value is -1.61. The Bertz CT molecular complexity index is 471. The first-order chi connectivity index (χ1) is 8.12. The number of hydrogen-bond acceptors (Lipinski definition) is 2. The van der Waals surface area contributed by atoms with Gasteiger partial charge in [0.15, 0.2) is 0 Å². The van der Waals surface area contributed by atoms with Gasteiger partial charge in [0.1, 0.15) is 0 Å². The zero-order valence-corrected chi connectivity index (χ0v) is 10.4. The number of rotatable bonds is 4. The van der Waals surface area contributed by atoms with Crippen molar-refractivity contribution in [3.63, 3.8) is 0 Å². The van der Waals surface area contributed by atoms with Crippen molar-refractivity contribution >= 4 is 0 Å². The molecule has 0 bridgehead atoms. The minimum Gasteiger partial charge on any atom is -0.331 e. The summed E-state index contributed by atoms with van der Waals surface area (Å²) in [4.78, 5) is 4.28. The van der Waals surface area contributed by atoms with Crippen LogP contribution in [0.3, 0.4) is 0 Å². The first kappa shape index (κ1) is 11.9. The van der Waals surface area contributed by atoms with Gasteiger partial charge in [-0.1, -0.05) is 30.3 Å². The van der Waals surface area contributed by atoms with Crippen molar-refractivity contribution in [2.24, 2.45) is 5.73 Å². The van der Waals surface area contributed by atoms with Gasteiger partial charge in [0, 0.05) is 18.3 Å². The van der Waals surface area contributed by atoms with Crippen molar-refractivity contribution in [3.8, 4) is 0 Å². The van der Waals surface area contributed by atoms with Gasteiger partial charge in [0.2, 0.25) is 0 Å². The first-order valence-electron chi connectivity index (χ1n) is 5.89. The highest BCUT2D eigenvalue weighted by molar-refractivity contribution is 5.17. The molecule has 0 fully saturated rings. The molecule has 0 saturated heterocycles. The normalized spacial score (nSPS) is 11.7. The van der Waals surface area contributed by atoms with E-state index in [0.29, 0.717) is 6.54 Å². The second-order valence-corrected chi connectivity index (χ2v) is 4.95. The van der Waals surface area contributed by atoms with E-state index in [1.807, 2.05) is 18.6 Å². The summed E-state index contributed by atoms with van der Waals surface area (Å²) >= 11 is 0. The smallest absolute Gasteiger partial charge is 0.0955 e. The maximum Gasteiger partial charge on any atom is 0.0955 e. The monoisotopic (exact) mass is 229 g/mol. The molecule has 0 aliphatic heterocycles. The zero-order valence-electron chi connectivity index (χ0n) is 10.4. The molecule has 1 aromatic carbocycles. The highest BCUT2D eigenvalue weighted by Gasteiger charge is 2.20. The van der Waals surface area contributed by atoms with E-state index in [2.05, 4.69) is 47.7 Å². The summed E-state index contributed by atoms with van der Waals surface area (Å²) in [5.74, 6) is 0. The van der Waals surface area contributed by atoms with Crippen molar-refractivity contribution in [3.05, 3.63) is 54.1 Å². The second kappa shape index (κ2) is 4.72. The van der Waals surface area contributed by atoms with Crippen molar-refractivity contribution in [1.82, 2.24) is 9.55 Å². The van der Waals surface area contributed by atoms with Crippen LogP contribution in [0, 0.1) is 0 Å². The molecule has 1 heterocycles. The number of nitrogens with two attached hydrogens (primary N) is 1. The summed E-state index contributed by atoms with van der Waals surface area (Å²) in [6.45, 7) is 4.92. The van der Waals surface area contributed by atoms with Gasteiger partial charge in [-0.05, 0) is 25.8 Å². The van der Waals surface area contributed by atoms with Crippen LogP contribution in [0.2, 0.25) is 0 Å². The van der Waals surface area contributed by atoms with Crippen LogP contribution < -0.4 is 5.73 Å². The minimum absolute atomic E-state index is 0.0156. The van der Waals surface area contributed by atoms with Crippen LogP contribution in [0.25, 0.3) is 0 Å². The molecule has 2 aromatic rings. The van der Waals surface area contributed by atoms with Crippen LogP contribution in [0.5, 0.6) is 0 Å². The van der Waals surface area contributed by atoms with Gasteiger partial charge in [0.25, 0.3) is 0 Å². The summed E-state index contributed by atoms with van der Waals surface area (Å²) in [7, 11) is 0. The van der Waals surface area contributed by atoms with E-state index in [9.17, 15) is 0 Å². The Kier molecular flexibility index (Phi) is 3.29. The predicted octanol–water partition coefficient (Wildman–Crippen LogP) is 2.32. The fourth-order valence-electron chi connectivity index (χ4n) is 1.99. The maximum atomic E-state index is 5.58. The Morgan fingerprint density at radius 2 is 1.94 bits per heavy atom. The molecular weight excluding hydrogens is 210 g/mol. The molecule has 0 aliphatic carbocycles. The number of aromatic nitrogens is 2. The Morgan fingerprint density at radius 1 is 1.24 bits per heavy atom. The van der Waals surface area contributed by atoms with E-state index < -0.39 is 0 Å². The molecule has 3 nitrogen and oxygen atoms in total. The standard InChI is InChI=1S/C14H19N3/c1-14(2,8-12-6-4-3-5-7-12)17-10-13(9-15)16-11-17/h3-7,10-11H,8-9,15H2,1-2H3. The highest BCUT2D eigenvalue weighted by atomic mass is 15.1. The third-order valence-corrected chi connectivity index (χ3v) is 3.02. The zero-order chi connectivity index (χ0) is 12.3. The fraction of sp³-hybridized carbons (Fsp3) is 0.357. The maximum absolute atomic E-state index is 5.58. The molecule has 0 aliphatic rings. The topological polar surface area (TPSA) is 43.8 Å². The van der Waals surface area contributed by atoms with Gasteiger partial charge >= 0.3 is 0 Å². The highest BCUT2D eigenvalue weighted by Crippen LogP contribution is 2.21. The fourth-order valence-corrected chi connectivity index (χ4v) is 1.99. The van der Waals surface area contributed by atoms with Crippen LogP contribution >= 0.6 is 0 Å². The molecule has 0 radical (unpaired) electrons. The van der Waals surface area contributed by atoms with E-state index in [0.717, 1.165) is 12.1 Å². The molecule has 2 rings (SSSR count). The van der Waals surface area contributed by atoms with E-state index in [1.165, 1.54) is 5.56 Å². The van der Waals surface area contributed by atoms with Crippen LogP contribution in [-0.2, 0) is 18.5 Å². The van der Waals surface area contributed by atoms with Gasteiger partial charge in [0.05, 0.1) is 12.0 Å². The molecule has 17 heavy (non-hydrogen) atoms. The van der Waals surface area contributed by atoms with E-state index in [4.69, 9.17) is 5.73 Å². The third kappa shape index (κ3) is 2.74. The summed E-state index contributed by atoms with van der Waals surface area (Å²) in [5.41, 5.74) is 7.87. The van der Waals surface area contributed by atoms with Gasteiger partial charge in [-0.2, -0.15) is 0 Å². The van der Waals surface area contributed by atoms with Crippen molar-refractivity contribution in [2.75, 3.05) is 0 Å². The number of imidazole rings is 1. The van der Waals surface area contributed by atoms with Crippen LogP contribution in [0.4, 0.5) is 0 Å². The van der Waals surface area contributed by atoms with Gasteiger partial charge in [-0.15, -0.1) is 0 Å². The largest absolute Gasteiger partial charge is 0.331 e. The van der Waals surface area contributed by atoms with Crippen LogP contribution in [0.15, 0.2) is 42.9 Å². The number of benzene rings is 1. The molecule has 3 heteroatoms. The van der Waals surface area contributed by atoms with Crippen molar-refractivity contribution in [1.29, 1.82) is 0 Å². The molecule has 1 aromatic heterocycles. The number of nitrogens with zero attached hydrogens (tertiary/aromatic N) is 2. The lowest BCUT2D eigenvalue weighted by atomic mass is 9.95. The molecule has 0 saturated carbocycles. The number of hydrogen-bond donors (Lipinski definition) is 1. The molecule has 90 valence electrons. The third-order valence-electron chi connectivity index (χ3n) is 3.02. The van der Waals surface area contributed by atoms with Crippen LogP contribution in [0.1, 0.15) is 25.1 Å². The predicted molar refractivity (Wildman–Crippen MR) is 69.6 cm³/mol. The average molecular weight is 229 g/mol. The molecule has 2 N–H and O–H groups in total. The molecule has 0 atom stereocenters. The van der Waals surface area contributed by atoms with Crippen molar-refractivity contribution in [2.45, 2.75) is 32.4 Å². The second-order valence-electron chi connectivity index (χ2n) is 4.95. The summed E-state index contributed by atoms with van der Waals surface area (Å²) < 4.78 is 2.14. The molecule has 0 spiro atoms. The summed E-state index contributed by atoms with van der Waals surface area (Å²) in [6, 6.07) is 10.5. The van der Waals surface area contributed by atoms with Crippen molar-refractivity contribution < 1.29 is 0 Å². The van der Waals surface area contributed by atoms with E-state index >= 15 is 0 Å². The lowest BCUT2D eigenvalue weighted by Gasteiger charge is -2.26. The quantitative estimate of drug-likeness (QED) is 0.874. The Balaban J connectivity index is 2.18. The first-order valence-corrected chi connectivity index (χ1v) is 5.89. The molecule has 0 unspecified atom stereocenters. The van der Waals surface area contributed by atoms with Crippen LogP contribution in [-0.4, -0.2) is 9.55 Å². The van der Waals surface area contributed by atoms with Gasteiger partial charge < -0.3 is 10.3 Å². The lowest BCUT2D eigenvalue weighted by molar-refractivity contribution is 0.352. The van der Waals surface area contributed by atoms with E-state index in [-0.39, 0.29) is 5.54 Å². The molecule has 0 amide bonds. The molecular formula is C14H19N3. The summed E-state index contributed by atoms with van der Waals surface area (Å²) in [5, 5.41) is 0. The van der Waals surface area contributed by atoms with Gasteiger partial charge in [-0.3, -0.25) is 0 Å². The lowest BCUT2D eigenvalue weighted by Crippen LogP contribution is -2.27. The average Bonchev–Trinajstić information content (AvgIpc) is 2.79. The SMILES string of the molecule is CC(C)(Cc1ccccc1)n1cnc(CN)c1. The van der Waals surface area contributed by atoms with Gasteiger partial charge in [-0.25, -0.2) is 4.98 Å². The Labute approximate surface area is 102 Å². The van der Waals surface area contributed by atoms with E-state index in [1.54, 1.807) is 0 Å². The Morgan fingerprint density at radius 3 is 2.53 bits per heavy atom. The minimum atomic E-state index is 0.0156. The summed E-state index contributed by atoms with van der Waals surface area (Å²) in [6.07, 6.45) is 4.88.